The summed E-state index contributed by atoms with van der Waals surface area (Å²) in [6.45, 7) is 0. The molecule has 0 aliphatic carbocycles. The molecule has 0 aromatic heterocycles. The zero-order valence-corrected chi connectivity index (χ0v) is 6.77. The van der Waals surface area contributed by atoms with Crippen LogP contribution in [0.2, 0.25) is 0 Å². The minimum absolute atomic E-state index is 1.15. The van der Waals surface area contributed by atoms with Crippen LogP contribution in [0.4, 0.5) is 0 Å². The van der Waals surface area contributed by atoms with Gasteiger partial charge in [-0.1, -0.05) is 11.4 Å². The van der Waals surface area contributed by atoms with Gasteiger partial charge in [-0.05, 0) is 18.3 Å². The van der Waals surface area contributed by atoms with E-state index in [1.54, 1.807) is 12.5 Å². The van der Waals surface area contributed by atoms with Crippen molar-refractivity contribution < 1.29 is 8.54 Å². The Hall–Kier alpha value is 0.890. The number of hydrogen-bond acceptors (Lipinski definition) is 4. The average Bonchev–Trinajstić information content (AvgIpc) is 1.68. The molecule has 0 saturated carbocycles. The number of hydrogen-bond donors (Lipinski definition) is 0. The molecular formula is C2H7O2PS2. The molecule has 0 fully saturated rings. The predicted octanol–water partition coefficient (Wildman–Crippen LogP) is 2.03. The van der Waals surface area contributed by atoms with E-state index < -0.39 is 7.23 Å². The molecule has 7 heavy (non-hydrogen) atoms. The fraction of sp³-hybridized carbons (Fsp3) is 1.00. The summed E-state index contributed by atoms with van der Waals surface area (Å²) < 4.78 is 14.9. The van der Waals surface area contributed by atoms with E-state index in [2.05, 4.69) is 3.97 Å². The molecule has 44 valence electrons. The molecule has 0 spiro atoms. The van der Waals surface area contributed by atoms with Crippen molar-refractivity contribution in [1.82, 2.24) is 0 Å². The first kappa shape index (κ1) is 7.89. The molecule has 0 aromatic carbocycles. The topological polar surface area (TPSA) is 26.3 Å². The Morgan fingerprint density at radius 3 is 2.29 bits per heavy atom. The van der Waals surface area contributed by atoms with Crippen LogP contribution in [-0.2, 0) is 8.54 Å². The van der Waals surface area contributed by atoms with Crippen molar-refractivity contribution >= 4 is 30.7 Å². The first-order valence-electron chi connectivity index (χ1n) is 1.60. The predicted molar refractivity (Wildman–Crippen MR) is 37.1 cm³/mol. The highest BCUT2D eigenvalue weighted by Gasteiger charge is 1.89. The zero-order chi connectivity index (χ0) is 5.70. The van der Waals surface area contributed by atoms with Gasteiger partial charge in [0.25, 0.3) is 7.23 Å². The van der Waals surface area contributed by atoms with Gasteiger partial charge in [0, 0.05) is 6.26 Å². The lowest BCUT2D eigenvalue weighted by molar-refractivity contribution is 0.549. The summed E-state index contributed by atoms with van der Waals surface area (Å²) in [4.78, 5) is 0. The molecule has 2 nitrogen and oxygen atoms in total. The highest BCUT2D eigenvalue weighted by molar-refractivity contribution is 8.50. The van der Waals surface area contributed by atoms with E-state index in [4.69, 9.17) is 0 Å². The third kappa shape index (κ3) is 4.75. The van der Waals surface area contributed by atoms with Crippen molar-refractivity contribution in [1.29, 1.82) is 0 Å². The first-order chi connectivity index (χ1) is 3.31. The highest BCUT2D eigenvalue weighted by Crippen LogP contribution is 2.39. The summed E-state index contributed by atoms with van der Waals surface area (Å²) in [6.07, 6.45) is 3.51. The summed E-state index contributed by atoms with van der Waals surface area (Å²) in [7, 11) is -1.75. The molecule has 0 aliphatic heterocycles. The van der Waals surface area contributed by atoms with E-state index in [0.29, 0.717) is 0 Å². The SMILES string of the molecule is CSO[PH](=O)SC. The Morgan fingerprint density at radius 2 is 2.14 bits per heavy atom. The van der Waals surface area contributed by atoms with Crippen LogP contribution in [0.5, 0.6) is 0 Å². The quantitative estimate of drug-likeness (QED) is 0.463. The van der Waals surface area contributed by atoms with E-state index in [9.17, 15) is 4.57 Å². The van der Waals surface area contributed by atoms with E-state index in [-0.39, 0.29) is 0 Å². The van der Waals surface area contributed by atoms with E-state index in [1.165, 1.54) is 11.4 Å². The molecular weight excluding hydrogens is 151 g/mol. The molecule has 0 heterocycles. The monoisotopic (exact) mass is 158 g/mol. The average molecular weight is 158 g/mol. The second-order valence-corrected chi connectivity index (χ2v) is 4.84. The van der Waals surface area contributed by atoms with Gasteiger partial charge in [-0.25, -0.2) is 0 Å². The lowest BCUT2D eigenvalue weighted by atomic mass is 12.0. The van der Waals surface area contributed by atoms with Crippen LogP contribution < -0.4 is 0 Å². The minimum Gasteiger partial charge on any atom is -0.283 e. The molecule has 1 atom stereocenters. The fourth-order valence-corrected chi connectivity index (χ4v) is 2.14. The van der Waals surface area contributed by atoms with Crippen LogP contribution >= 0.6 is 30.7 Å². The Bertz CT molecular complexity index is 66.7. The minimum atomic E-state index is -1.75. The summed E-state index contributed by atoms with van der Waals surface area (Å²) in [5.41, 5.74) is 0. The van der Waals surface area contributed by atoms with Crippen LogP contribution in [0.3, 0.4) is 0 Å². The maximum atomic E-state index is 10.3. The zero-order valence-electron chi connectivity index (χ0n) is 4.13. The third-order valence-corrected chi connectivity index (χ3v) is 3.47. The number of rotatable bonds is 3. The van der Waals surface area contributed by atoms with Crippen molar-refractivity contribution in [2.24, 2.45) is 0 Å². The molecule has 0 rings (SSSR count). The van der Waals surface area contributed by atoms with Gasteiger partial charge in [0.05, 0.1) is 0 Å². The Balaban J connectivity index is 3.00. The Morgan fingerprint density at radius 1 is 1.57 bits per heavy atom. The second kappa shape index (κ2) is 5.04. The maximum Gasteiger partial charge on any atom is 0.256 e. The lowest BCUT2D eigenvalue weighted by Crippen LogP contribution is -1.53. The van der Waals surface area contributed by atoms with E-state index in [0.717, 1.165) is 12.0 Å². The van der Waals surface area contributed by atoms with Crippen molar-refractivity contribution in [2.75, 3.05) is 12.5 Å². The standard InChI is InChI=1S/C2H7O2PS2/c1-6-4-5(3)7-2/h5H,1-2H3. The smallest absolute Gasteiger partial charge is 0.256 e. The van der Waals surface area contributed by atoms with Crippen LogP contribution in [0, 0.1) is 0 Å². The van der Waals surface area contributed by atoms with Gasteiger partial charge >= 0.3 is 0 Å². The molecule has 0 bridgehead atoms. The lowest BCUT2D eigenvalue weighted by Gasteiger charge is -1.90. The van der Waals surface area contributed by atoms with Gasteiger partial charge in [0.1, 0.15) is 0 Å². The molecule has 0 N–H and O–H groups in total. The molecule has 0 amide bonds. The van der Waals surface area contributed by atoms with Gasteiger partial charge in [-0.2, -0.15) is 0 Å². The van der Waals surface area contributed by atoms with Gasteiger partial charge in [-0.3, -0.25) is 8.54 Å². The van der Waals surface area contributed by atoms with Crippen LogP contribution in [0.15, 0.2) is 0 Å². The second-order valence-electron chi connectivity index (χ2n) is 0.704. The van der Waals surface area contributed by atoms with Gasteiger partial charge in [0.2, 0.25) is 0 Å². The van der Waals surface area contributed by atoms with Crippen LogP contribution in [0.25, 0.3) is 0 Å². The van der Waals surface area contributed by atoms with Crippen LogP contribution in [-0.4, -0.2) is 12.5 Å². The van der Waals surface area contributed by atoms with E-state index in [1.807, 2.05) is 0 Å². The van der Waals surface area contributed by atoms with Crippen molar-refractivity contribution in [3.63, 3.8) is 0 Å². The Kier molecular flexibility index (Phi) is 5.68. The highest BCUT2D eigenvalue weighted by atomic mass is 32.7. The van der Waals surface area contributed by atoms with Crippen LogP contribution in [0.1, 0.15) is 0 Å². The summed E-state index contributed by atoms with van der Waals surface area (Å²) >= 11 is 2.40. The van der Waals surface area contributed by atoms with Gasteiger partial charge < -0.3 is 0 Å². The third-order valence-electron chi connectivity index (χ3n) is 0.318. The van der Waals surface area contributed by atoms with Crippen molar-refractivity contribution in [3.05, 3.63) is 0 Å². The summed E-state index contributed by atoms with van der Waals surface area (Å²) in [6, 6.07) is 0. The fourth-order valence-electron chi connectivity index (χ4n) is 0.102. The largest absolute Gasteiger partial charge is 0.283 e. The molecule has 0 aliphatic rings. The summed E-state index contributed by atoms with van der Waals surface area (Å²) in [5.74, 6) is 0. The Labute approximate surface area is 52.2 Å². The van der Waals surface area contributed by atoms with Crippen molar-refractivity contribution in [2.45, 2.75) is 0 Å². The molecule has 0 radical (unpaired) electrons. The summed E-state index contributed by atoms with van der Waals surface area (Å²) in [5, 5.41) is 0. The van der Waals surface area contributed by atoms with E-state index >= 15 is 0 Å². The molecule has 0 saturated heterocycles. The molecule has 1 unspecified atom stereocenters. The normalized spacial score (nSPS) is 14.0. The molecule has 0 aromatic rings. The van der Waals surface area contributed by atoms with Gasteiger partial charge in [0.15, 0.2) is 0 Å². The van der Waals surface area contributed by atoms with Gasteiger partial charge in [-0.15, -0.1) is 0 Å². The first-order valence-corrected chi connectivity index (χ1v) is 6.01. The van der Waals surface area contributed by atoms with Crippen molar-refractivity contribution in [3.8, 4) is 0 Å². The maximum absolute atomic E-state index is 10.3. The molecule has 5 heteroatoms.